The Morgan fingerprint density at radius 3 is 1.12 bits per heavy atom. The first-order chi connectivity index (χ1) is 3.41. The lowest BCUT2D eigenvalue weighted by atomic mass is 11.6. The van der Waals surface area contributed by atoms with Crippen LogP contribution in [-0.4, -0.2) is 12.4 Å². The molecule has 0 amide bonds. The van der Waals surface area contributed by atoms with Gasteiger partial charge in [-0.15, -0.1) is 0 Å². The molecule has 52 valence electrons. The van der Waals surface area contributed by atoms with Crippen molar-refractivity contribution in [2.45, 2.75) is 5.51 Å². The minimum absolute atomic E-state index is 1.75. The lowest BCUT2D eigenvalue weighted by Gasteiger charge is -1.87. The third-order valence-electron chi connectivity index (χ3n) is 0. The summed E-state index contributed by atoms with van der Waals surface area (Å²) in [5, 5.41) is 0. The molecule has 0 aliphatic heterocycles. The Balaban J connectivity index is 0. The van der Waals surface area contributed by atoms with Gasteiger partial charge < -0.3 is 0 Å². The Morgan fingerprint density at radius 1 is 1.12 bits per heavy atom. The summed E-state index contributed by atoms with van der Waals surface area (Å²) in [6, 6.07) is 0. The van der Waals surface area contributed by atoms with Crippen molar-refractivity contribution < 1.29 is 22.0 Å². The molecule has 6 heteroatoms. The van der Waals surface area contributed by atoms with Crippen LogP contribution in [0, 0.1) is 0 Å². The van der Waals surface area contributed by atoms with Crippen LogP contribution in [0.2, 0.25) is 0 Å². The van der Waals surface area contributed by atoms with Crippen molar-refractivity contribution in [3.63, 3.8) is 0 Å². The van der Waals surface area contributed by atoms with E-state index >= 15 is 0 Å². The normalized spacial score (nSPS) is 9.75. The maximum absolute atomic E-state index is 10.2. The number of thiol groups is 1. The maximum Gasteiger partial charge on any atom is 0.438 e. The van der Waals surface area contributed by atoms with Crippen LogP contribution in [0.15, 0.2) is 0 Å². The highest BCUT2D eigenvalue weighted by Gasteiger charge is 2.17. The van der Waals surface area contributed by atoms with Crippen LogP contribution in [-0.2, 0) is 0 Å². The Morgan fingerprint density at radius 2 is 1.12 bits per heavy atom. The average Bonchev–Trinajstić information content (AvgIpc) is 1.27. The van der Waals surface area contributed by atoms with Gasteiger partial charge in [0.15, 0.2) is 0 Å². The van der Waals surface area contributed by atoms with E-state index in [9.17, 15) is 22.0 Å². The van der Waals surface area contributed by atoms with Crippen molar-refractivity contribution in [3.8, 4) is 0 Å². The summed E-state index contributed by atoms with van der Waals surface area (Å²) in [4.78, 5) is 0. The lowest BCUT2D eigenvalue weighted by molar-refractivity contribution is -0.0303. The molecule has 0 spiro atoms. The molecule has 0 aromatic rings. The van der Waals surface area contributed by atoms with Gasteiger partial charge in [0, 0.05) is 0 Å². The number of hydrogen-bond acceptors (Lipinski definition) is 1. The number of halogens is 5. The molecule has 0 saturated heterocycles. The van der Waals surface area contributed by atoms with Crippen LogP contribution >= 0.6 is 12.6 Å². The van der Waals surface area contributed by atoms with Crippen LogP contribution in [0.4, 0.5) is 22.0 Å². The second-order valence-electron chi connectivity index (χ2n) is 0.569. The first-order valence-electron chi connectivity index (χ1n) is 1.33. The molecule has 0 atom stereocenters. The Hall–Kier alpha value is -0.0000000000000000555. The molecule has 0 rings (SSSR count). The second kappa shape index (κ2) is 5.14. The van der Waals surface area contributed by atoms with Gasteiger partial charge in [-0.05, 0) is 0 Å². The second-order valence-corrected chi connectivity index (χ2v) is 1.08. The van der Waals surface area contributed by atoms with E-state index in [1.54, 1.807) is 0 Å². The predicted molar refractivity (Wildman–Crippen MR) is 22.1 cm³/mol. The van der Waals surface area contributed by atoms with Gasteiger partial charge in [-0.2, -0.15) is 13.2 Å². The van der Waals surface area contributed by atoms with E-state index in [-0.39, 0.29) is 0 Å². The van der Waals surface area contributed by atoms with E-state index in [1.165, 1.54) is 0 Å². The zero-order chi connectivity index (χ0) is 7.21. The van der Waals surface area contributed by atoms with E-state index < -0.39 is 12.4 Å². The molecule has 0 heterocycles. The highest BCUT2D eigenvalue weighted by atomic mass is 32.1. The summed E-state index contributed by atoms with van der Waals surface area (Å²) in [6.45, 7) is -1.75. The zero-order valence-corrected chi connectivity index (χ0v) is 4.44. The van der Waals surface area contributed by atoms with Gasteiger partial charge in [-0.1, -0.05) is 12.6 Å². The van der Waals surface area contributed by atoms with Gasteiger partial charge in [0.05, 0.1) is 0 Å². The molecule has 0 aliphatic rings. The SMILES string of the molecule is FC(F)(F)S.FCF. The Labute approximate surface area is 48.1 Å². The van der Waals surface area contributed by atoms with Crippen LogP contribution in [0.1, 0.15) is 0 Å². The molecule has 0 aliphatic carbocycles. The van der Waals surface area contributed by atoms with Crippen molar-refractivity contribution in [2.24, 2.45) is 0 Å². The van der Waals surface area contributed by atoms with Crippen molar-refractivity contribution >= 4 is 12.6 Å². The molecule has 0 radical (unpaired) electrons. The van der Waals surface area contributed by atoms with Crippen LogP contribution in [0.25, 0.3) is 0 Å². The minimum Gasteiger partial charge on any atom is -0.214 e. The maximum atomic E-state index is 10.2. The molecular formula is C2H3F5S. The van der Waals surface area contributed by atoms with Gasteiger partial charge in [-0.25, -0.2) is 8.78 Å². The quantitative estimate of drug-likeness (QED) is 0.401. The van der Waals surface area contributed by atoms with Crippen molar-refractivity contribution in [2.75, 3.05) is 6.93 Å². The minimum atomic E-state index is -4.31. The van der Waals surface area contributed by atoms with E-state index in [1.807, 2.05) is 0 Å². The van der Waals surface area contributed by atoms with E-state index in [0.29, 0.717) is 0 Å². The summed E-state index contributed by atoms with van der Waals surface area (Å²) in [7, 11) is 0. The van der Waals surface area contributed by atoms with Crippen LogP contribution in [0.3, 0.4) is 0 Å². The molecule has 0 aromatic carbocycles. The third-order valence-corrected chi connectivity index (χ3v) is 0. The van der Waals surface area contributed by atoms with Gasteiger partial charge >= 0.3 is 5.51 Å². The molecule has 8 heavy (non-hydrogen) atoms. The molecular weight excluding hydrogens is 151 g/mol. The number of hydrogen-bond donors (Lipinski definition) is 1. The first-order valence-corrected chi connectivity index (χ1v) is 1.77. The Bertz CT molecular complexity index is 34.2. The van der Waals surface area contributed by atoms with Gasteiger partial charge in [0.2, 0.25) is 6.93 Å². The number of alkyl halides is 5. The predicted octanol–water partition coefficient (Wildman–Crippen LogP) is 2.32. The summed E-state index contributed by atoms with van der Waals surface area (Å²) >= 11 is 2.12. The molecule has 0 unspecified atom stereocenters. The third kappa shape index (κ3) is 48700000000000003748228099636985856. The summed E-state index contributed by atoms with van der Waals surface area (Å²) in [5.74, 6) is 0. The van der Waals surface area contributed by atoms with Gasteiger partial charge in [0.1, 0.15) is 0 Å². The molecule has 0 nitrogen and oxygen atoms in total. The van der Waals surface area contributed by atoms with Gasteiger partial charge in [-0.3, -0.25) is 0 Å². The monoisotopic (exact) mass is 154 g/mol. The van der Waals surface area contributed by atoms with Gasteiger partial charge in [0.25, 0.3) is 0 Å². The zero-order valence-electron chi connectivity index (χ0n) is 3.54. The first kappa shape index (κ1) is 10.9. The summed E-state index contributed by atoms with van der Waals surface area (Å²) in [5.41, 5.74) is -4.31. The fourth-order valence-electron chi connectivity index (χ4n) is 0. The smallest absolute Gasteiger partial charge is 0.214 e. The fourth-order valence-corrected chi connectivity index (χ4v) is 0. The standard InChI is InChI=1S/CHF3S.CH2F2/c2-1(3,4)5;2-1-3/h5H;1H2. The van der Waals surface area contributed by atoms with E-state index in [0.717, 1.165) is 0 Å². The number of rotatable bonds is 0. The lowest BCUT2D eigenvalue weighted by Crippen LogP contribution is -1.89. The Kier molecular flexibility index (Phi) is 7.00. The molecule has 0 fully saturated rings. The fraction of sp³-hybridized carbons (Fsp3) is 1.00. The highest BCUT2D eigenvalue weighted by Crippen LogP contribution is 2.17. The largest absolute Gasteiger partial charge is 0.438 e. The topological polar surface area (TPSA) is 0 Å². The molecule has 0 saturated carbocycles. The highest BCUT2D eigenvalue weighted by molar-refractivity contribution is 7.81. The summed E-state index contributed by atoms with van der Waals surface area (Å²) < 4.78 is 49.9. The van der Waals surface area contributed by atoms with Crippen molar-refractivity contribution in [1.82, 2.24) is 0 Å². The average molecular weight is 154 g/mol. The van der Waals surface area contributed by atoms with Crippen LogP contribution in [0.5, 0.6) is 0 Å². The van der Waals surface area contributed by atoms with Crippen molar-refractivity contribution in [1.29, 1.82) is 0 Å². The van der Waals surface area contributed by atoms with E-state index in [4.69, 9.17) is 0 Å². The molecule has 0 bridgehead atoms. The summed E-state index contributed by atoms with van der Waals surface area (Å²) in [6.07, 6.45) is 0. The van der Waals surface area contributed by atoms with Crippen molar-refractivity contribution in [3.05, 3.63) is 0 Å². The van der Waals surface area contributed by atoms with E-state index in [2.05, 4.69) is 12.6 Å². The molecule has 0 N–H and O–H groups in total. The van der Waals surface area contributed by atoms with Crippen LogP contribution < -0.4 is 0 Å². The molecule has 0 aromatic heterocycles.